The van der Waals surface area contributed by atoms with Gasteiger partial charge in [0.15, 0.2) is 0 Å². The Kier molecular flexibility index (Phi) is 4.35. The van der Waals surface area contributed by atoms with E-state index < -0.39 is 6.04 Å². The third kappa shape index (κ3) is 3.14. The fraction of sp³-hybridized carbons (Fsp3) is 0.250. The van der Waals surface area contributed by atoms with Crippen LogP contribution in [0.4, 0.5) is 14.5 Å². The molecule has 106 valence electrons. The molecule has 0 aliphatic rings. The Hall–Kier alpha value is -1.94. The molecule has 0 fully saturated rings. The van der Waals surface area contributed by atoms with Crippen LogP contribution >= 0.6 is 0 Å². The Morgan fingerprint density at radius 3 is 2.50 bits per heavy atom. The van der Waals surface area contributed by atoms with Gasteiger partial charge >= 0.3 is 0 Å². The predicted molar refractivity (Wildman–Crippen MR) is 77.5 cm³/mol. The Morgan fingerprint density at radius 2 is 1.85 bits per heavy atom. The molecule has 0 heterocycles. The second-order valence-electron chi connectivity index (χ2n) is 4.95. The van der Waals surface area contributed by atoms with Crippen LogP contribution in [0.3, 0.4) is 0 Å². The largest absolute Gasteiger partial charge is 0.370 e. The smallest absolute Gasteiger partial charge is 0.130 e. The summed E-state index contributed by atoms with van der Waals surface area (Å²) in [5.74, 6) is -0.592. The second-order valence-corrected chi connectivity index (χ2v) is 4.95. The van der Waals surface area contributed by atoms with Crippen molar-refractivity contribution in [3.8, 4) is 0 Å². The number of nitrogens with two attached hydrogens (primary N) is 1. The van der Waals surface area contributed by atoms with Gasteiger partial charge < -0.3 is 10.6 Å². The van der Waals surface area contributed by atoms with Crippen molar-refractivity contribution >= 4 is 5.69 Å². The molecule has 2 aromatic carbocycles. The number of hydrogen-bond acceptors (Lipinski definition) is 2. The third-order valence-electron chi connectivity index (χ3n) is 3.21. The van der Waals surface area contributed by atoms with Crippen molar-refractivity contribution in [3.63, 3.8) is 0 Å². The quantitative estimate of drug-likeness (QED) is 0.924. The third-order valence-corrected chi connectivity index (χ3v) is 3.21. The van der Waals surface area contributed by atoms with Gasteiger partial charge in [-0.15, -0.1) is 0 Å². The zero-order chi connectivity index (χ0) is 14.7. The van der Waals surface area contributed by atoms with Crippen molar-refractivity contribution < 1.29 is 8.78 Å². The van der Waals surface area contributed by atoms with E-state index in [4.69, 9.17) is 5.73 Å². The van der Waals surface area contributed by atoms with Gasteiger partial charge in [-0.1, -0.05) is 18.2 Å². The van der Waals surface area contributed by atoms with Gasteiger partial charge in [-0.05, 0) is 36.8 Å². The molecule has 0 saturated carbocycles. The molecule has 0 saturated heterocycles. The van der Waals surface area contributed by atoms with Crippen LogP contribution in [0.5, 0.6) is 0 Å². The summed E-state index contributed by atoms with van der Waals surface area (Å²) in [6.07, 6.45) is 0. The van der Waals surface area contributed by atoms with Crippen LogP contribution in [-0.4, -0.2) is 7.05 Å². The Morgan fingerprint density at radius 1 is 1.15 bits per heavy atom. The molecule has 0 unspecified atom stereocenters. The molecule has 0 aliphatic carbocycles. The van der Waals surface area contributed by atoms with Crippen LogP contribution in [0.25, 0.3) is 0 Å². The number of benzene rings is 2. The maximum Gasteiger partial charge on any atom is 0.130 e. The summed E-state index contributed by atoms with van der Waals surface area (Å²) in [4.78, 5) is 1.87. The molecule has 20 heavy (non-hydrogen) atoms. The summed E-state index contributed by atoms with van der Waals surface area (Å²) >= 11 is 0. The maximum atomic E-state index is 13.9. The second kappa shape index (κ2) is 6.01. The topological polar surface area (TPSA) is 29.3 Å². The lowest BCUT2D eigenvalue weighted by molar-refractivity contribution is 0.592. The number of rotatable bonds is 4. The first-order chi connectivity index (χ1) is 9.49. The molecule has 0 aliphatic heterocycles. The number of nitrogens with zero attached hydrogens (tertiary/aromatic N) is 1. The van der Waals surface area contributed by atoms with Gasteiger partial charge in [0.05, 0.1) is 0 Å². The number of halogens is 2. The van der Waals surface area contributed by atoms with Crippen LogP contribution in [-0.2, 0) is 6.54 Å². The van der Waals surface area contributed by atoms with Crippen molar-refractivity contribution in [3.05, 3.63) is 65.2 Å². The molecule has 2 rings (SSSR count). The Balaban J connectivity index is 2.30. The standard InChI is InChI=1S/C16H18F2N2/c1-11(19)16-14(18)7-4-8-15(16)20(2)10-12-5-3-6-13(17)9-12/h3-9,11H,10,19H2,1-2H3/t11-/m1/s1. The molecular weight excluding hydrogens is 258 g/mol. The van der Waals surface area contributed by atoms with Crippen molar-refractivity contribution in [2.45, 2.75) is 19.5 Å². The highest BCUT2D eigenvalue weighted by molar-refractivity contribution is 5.55. The van der Waals surface area contributed by atoms with E-state index in [9.17, 15) is 8.78 Å². The maximum absolute atomic E-state index is 13.9. The summed E-state index contributed by atoms with van der Waals surface area (Å²) in [6.45, 7) is 2.23. The average molecular weight is 276 g/mol. The van der Waals surface area contributed by atoms with E-state index in [0.29, 0.717) is 12.1 Å². The molecule has 0 aromatic heterocycles. The number of hydrogen-bond donors (Lipinski definition) is 1. The van der Waals surface area contributed by atoms with E-state index in [-0.39, 0.29) is 11.6 Å². The normalized spacial score (nSPS) is 12.2. The lowest BCUT2D eigenvalue weighted by Gasteiger charge is -2.24. The minimum absolute atomic E-state index is 0.275. The first kappa shape index (κ1) is 14.5. The van der Waals surface area contributed by atoms with Crippen LogP contribution < -0.4 is 10.6 Å². The zero-order valence-electron chi connectivity index (χ0n) is 11.6. The molecule has 4 heteroatoms. The predicted octanol–water partition coefficient (Wildman–Crippen LogP) is 3.62. The van der Waals surface area contributed by atoms with Crippen LogP contribution in [0.2, 0.25) is 0 Å². The lowest BCUT2D eigenvalue weighted by atomic mass is 10.0. The molecule has 2 nitrogen and oxygen atoms in total. The van der Waals surface area contributed by atoms with Crippen molar-refractivity contribution in [1.29, 1.82) is 0 Å². The molecule has 0 bridgehead atoms. The van der Waals surface area contributed by atoms with Gasteiger partial charge in [0.25, 0.3) is 0 Å². The van der Waals surface area contributed by atoms with E-state index >= 15 is 0 Å². The van der Waals surface area contributed by atoms with E-state index in [2.05, 4.69) is 0 Å². The summed E-state index contributed by atoms with van der Waals surface area (Å²) in [6, 6.07) is 10.8. The molecule has 2 aromatic rings. The van der Waals surface area contributed by atoms with Gasteiger partial charge in [0.1, 0.15) is 11.6 Å². The van der Waals surface area contributed by atoms with Crippen LogP contribution in [0.15, 0.2) is 42.5 Å². The summed E-state index contributed by atoms with van der Waals surface area (Å²) in [7, 11) is 1.84. The van der Waals surface area contributed by atoms with Gasteiger partial charge in [-0.25, -0.2) is 8.78 Å². The molecule has 0 radical (unpaired) electrons. The monoisotopic (exact) mass is 276 g/mol. The molecule has 0 spiro atoms. The minimum atomic E-state index is -0.402. The molecule has 1 atom stereocenters. The minimum Gasteiger partial charge on any atom is -0.370 e. The average Bonchev–Trinajstić information content (AvgIpc) is 2.37. The van der Waals surface area contributed by atoms with Crippen molar-refractivity contribution in [2.24, 2.45) is 5.73 Å². The van der Waals surface area contributed by atoms with Gasteiger partial charge in [0, 0.05) is 30.9 Å². The van der Waals surface area contributed by atoms with Gasteiger partial charge in [-0.2, -0.15) is 0 Å². The van der Waals surface area contributed by atoms with E-state index in [1.807, 2.05) is 24.1 Å². The van der Waals surface area contributed by atoms with Crippen LogP contribution in [0, 0.1) is 11.6 Å². The van der Waals surface area contributed by atoms with E-state index in [0.717, 1.165) is 11.3 Å². The van der Waals surface area contributed by atoms with Crippen LogP contribution in [0.1, 0.15) is 24.1 Å². The number of anilines is 1. The summed E-state index contributed by atoms with van der Waals surface area (Å²) in [5, 5.41) is 0. The summed E-state index contributed by atoms with van der Waals surface area (Å²) < 4.78 is 27.1. The van der Waals surface area contributed by atoms with Crippen molar-refractivity contribution in [2.75, 3.05) is 11.9 Å². The molecular formula is C16H18F2N2. The van der Waals surface area contributed by atoms with E-state index in [1.54, 1.807) is 19.1 Å². The first-order valence-corrected chi connectivity index (χ1v) is 6.48. The van der Waals surface area contributed by atoms with Gasteiger partial charge in [0.2, 0.25) is 0 Å². The highest BCUT2D eigenvalue weighted by Gasteiger charge is 2.15. The first-order valence-electron chi connectivity index (χ1n) is 6.48. The summed E-state index contributed by atoms with van der Waals surface area (Å²) in [5.41, 5.74) is 7.87. The van der Waals surface area contributed by atoms with Gasteiger partial charge in [-0.3, -0.25) is 0 Å². The Labute approximate surface area is 117 Å². The SMILES string of the molecule is C[C@@H](N)c1c(F)cccc1N(C)Cc1cccc(F)c1. The molecule has 2 N–H and O–H groups in total. The molecule has 0 amide bonds. The lowest BCUT2D eigenvalue weighted by Crippen LogP contribution is -2.21. The highest BCUT2D eigenvalue weighted by atomic mass is 19.1. The van der Waals surface area contributed by atoms with Crippen molar-refractivity contribution in [1.82, 2.24) is 0 Å². The highest BCUT2D eigenvalue weighted by Crippen LogP contribution is 2.28. The van der Waals surface area contributed by atoms with E-state index in [1.165, 1.54) is 18.2 Å². The fourth-order valence-electron chi connectivity index (χ4n) is 2.30. The Bertz CT molecular complexity index is 597. The fourth-order valence-corrected chi connectivity index (χ4v) is 2.30. The zero-order valence-corrected chi connectivity index (χ0v) is 11.6.